The number of carbonyl (C=O) groups excluding carboxylic acids is 1. The molecular formula is C15H16N2O3. The monoisotopic (exact) mass is 272 g/mol. The van der Waals surface area contributed by atoms with Crippen LogP contribution in [-0.4, -0.2) is 30.0 Å². The predicted octanol–water partition coefficient (Wildman–Crippen LogP) is 2.43. The molecule has 0 amide bonds. The first-order chi connectivity index (χ1) is 9.67. The molecule has 2 aromatic rings. The Morgan fingerprint density at radius 2 is 2.40 bits per heavy atom. The highest BCUT2D eigenvalue weighted by molar-refractivity contribution is 5.77. The molecule has 0 spiro atoms. The van der Waals surface area contributed by atoms with Crippen molar-refractivity contribution in [1.29, 1.82) is 0 Å². The van der Waals surface area contributed by atoms with Gasteiger partial charge in [-0.05, 0) is 30.3 Å². The smallest absolute Gasteiger partial charge is 0.309 e. The van der Waals surface area contributed by atoms with E-state index in [4.69, 9.17) is 4.42 Å². The van der Waals surface area contributed by atoms with Gasteiger partial charge in [-0.3, -0.25) is 4.79 Å². The molecule has 20 heavy (non-hydrogen) atoms. The van der Waals surface area contributed by atoms with Crippen molar-refractivity contribution in [1.82, 2.24) is 9.88 Å². The van der Waals surface area contributed by atoms with E-state index in [1.54, 1.807) is 0 Å². The van der Waals surface area contributed by atoms with E-state index in [0.717, 1.165) is 17.5 Å². The van der Waals surface area contributed by atoms with E-state index in [0.29, 0.717) is 11.5 Å². The number of nitrogens with zero attached hydrogens (tertiary/aromatic N) is 2. The van der Waals surface area contributed by atoms with Crippen LogP contribution in [0.15, 0.2) is 34.9 Å². The number of esters is 1. The lowest BCUT2D eigenvalue weighted by atomic mass is 10.1. The average Bonchev–Trinajstić information content (AvgIpc) is 3.03. The van der Waals surface area contributed by atoms with Crippen LogP contribution in [0.4, 0.5) is 0 Å². The van der Waals surface area contributed by atoms with Crippen LogP contribution in [0, 0.1) is 0 Å². The van der Waals surface area contributed by atoms with Crippen LogP contribution in [0.5, 0.6) is 0 Å². The summed E-state index contributed by atoms with van der Waals surface area (Å²) in [6, 6.07) is 5.77. The molecule has 1 atom stereocenters. The molecule has 0 saturated carbocycles. The van der Waals surface area contributed by atoms with Gasteiger partial charge in [0.05, 0.1) is 13.5 Å². The minimum absolute atomic E-state index is 0.159. The molecule has 0 radical (unpaired) electrons. The van der Waals surface area contributed by atoms with Crippen LogP contribution in [-0.2, 0) is 16.0 Å². The second-order valence-corrected chi connectivity index (χ2v) is 4.91. The fraction of sp³-hybridized carbons (Fsp3) is 0.333. The number of hydrogen-bond acceptors (Lipinski definition) is 5. The van der Waals surface area contributed by atoms with Crippen molar-refractivity contribution < 1.29 is 13.9 Å². The standard InChI is InChI=1S/C15H16N2O3/c1-17-7-3-4-12(17)15-16-11-6-5-10(8-13(11)20-15)9-14(18)19-2/h3,5-8,12H,4,9H2,1-2H3. The Kier molecular flexibility index (Phi) is 3.18. The molecular weight excluding hydrogens is 256 g/mol. The topological polar surface area (TPSA) is 55.6 Å². The van der Waals surface area contributed by atoms with Crippen molar-refractivity contribution >= 4 is 17.1 Å². The number of rotatable bonds is 3. The van der Waals surface area contributed by atoms with E-state index >= 15 is 0 Å². The summed E-state index contributed by atoms with van der Waals surface area (Å²) in [6.07, 6.45) is 5.27. The molecule has 3 rings (SSSR count). The molecule has 1 aromatic carbocycles. The third-order valence-corrected chi connectivity index (χ3v) is 3.52. The number of benzene rings is 1. The molecule has 1 unspecified atom stereocenters. The summed E-state index contributed by atoms with van der Waals surface area (Å²) >= 11 is 0. The minimum Gasteiger partial charge on any atom is -0.469 e. The third kappa shape index (κ3) is 2.27. The molecule has 104 valence electrons. The maximum absolute atomic E-state index is 11.3. The predicted molar refractivity (Wildman–Crippen MR) is 74.0 cm³/mol. The first kappa shape index (κ1) is 12.7. The number of oxazole rings is 1. The van der Waals surface area contributed by atoms with E-state index < -0.39 is 0 Å². The molecule has 0 saturated heterocycles. The van der Waals surface area contributed by atoms with Crippen molar-refractivity contribution in [3.8, 4) is 0 Å². The molecule has 0 fully saturated rings. The highest BCUT2D eigenvalue weighted by Gasteiger charge is 2.23. The fourth-order valence-corrected chi connectivity index (χ4v) is 2.38. The summed E-state index contributed by atoms with van der Waals surface area (Å²) in [5.41, 5.74) is 2.39. The van der Waals surface area contributed by atoms with E-state index in [2.05, 4.69) is 20.7 Å². The molecule has 5 nitrogen and oxygen atoms in total. The van der Waals surface area contributed by atoms with Gasteiger partial charge in [0.2, 0.25) is 5.89 Å². The molecule has 0 aliphatic carbocycles. The van der Waals surface area contributed by atoms with Crippen LogP contribution >= 0.6 is 0 Å². The maximum Gasteiger partial charge on any atom is 0.309 e. The van der Waals surface area contributed by atoms with Gasteiger partial charge < -0.3 is 14.1 Å². The third-order valence-electron chi connectivity index (χ3n) is 3.52. The van der Waals surface area contributed by atoms with Crippen LogP contribution in [0.3, 0.4) is 0 Å². The Bertz CT molecular complexity index is 675. The lowest BCUT2D eigenvalue weighted by Gasteiger charge is -2.16. The van der Waals surface area contributed by atoms with E-state index in [1.165, 1.54) is 7.11 Å². The van der Waals surface area contributed by atoms with Gasteiger partial charge in [0, 0.05) is 7.05 Å². The van der Waals surface area contributed by atoms with Crippen LogP contribution in [0.1, 0.15) is 23.9 Å². The van der Waals surface area contributed by atoms with Gasteiger partial charge in [0.15, 0.2) is 5.58 Å². The normalized spacial score (nSPS) is 17.9. The second kappa shape index (κ2) is 5.00. The zero-order valence-corrected chi connectivity index (χ0v) is 11.5. The van der Waals surface area contributed by atoms with Crippen LogP contribution in [0.25, 0.3) is 11.1 Å². The van der Waals surface area contributed by atoms with Gasteiger partial charge in [0.25, 0.3) is 0 Å². The number of methoxy groups -OCH3 is 1. The molecule has 2 heterocycles. The van der Waals surface area contributed by atoms with Crippen molar-refractivity contribution in [3.05, 3.63) is 41.9 Å². The molecule has 0 N–H and O–H groups in total. The van der Waals surface area contributed by atoms with Crippen molar-refractivity contribution in [3.63, 3.8) is 0 Å². The van der Waals surface area contributed by atoms with Crippen molar-refractivity contribution in [2.24, 2.45) is 0 Å². The van der Waals surface area contributed by atoms with E-state index in [1.807, 2.05) is 31.4 Å². The number of aromatic nitrogens is 1. The number of hydrogen-bond donors (Lipinski definition) is 0. The number of fused-ring (bicyclic) bond motifs is 1. The highest BCUT2D eigenvalue weighted by atomic mass is 16.5. The summed E-state index contributed by atoms with van der Waals surface area (Å²) in [4.78, 5) is 17.9. The summed E-state index contributed by atoms with van der Waals surface area (Å²) in [5.74, 6) is 0.450. The molecule has 0 bridgehead atoms. The van der Waals surface area contributed by atoms with Gasteiger partial charge in [-0.1, -0.05) is 12.1 Å². The molecule has 1 aromatic heterocycles. The minimum atomic E-state index is -0.260. The van der Waals surface area contributed by atoms with Crippen molar-refractivity contribution in [2.75, 3.05) is 14.2 Å². The van der Waals surface area contributed by atoms with Gasteiger partial charge >= 0.3 is 5.97 Å². The Morgan fingerprint density at radius 1 is 1.55 bits per heavy atom. The zero-order valence-electron chi connectivity index (χ0n) is 11.5. The van der Waals surface area contributed by atoms with Gasteiger partial charge in [-0.15, -0.1) is 0 Å². The fourth-order valence-electron chi connectivity index (χ4n) is 2.38. The number of ether oxygens (including phenoxy) is 1. The van der Waals surface area contributed by atoms with Gasteiger partial charge in [-0.2, -0.15) is 0 Å². The summed E-state index contributed by atoms with van der Waals surface area (Å²) < 4.78 is 10.5. The van der Waals surface area contributed by atoms with E-state index in [9.17, 15) is 4.79 Å². The summed E-state index contributed by atoms with van der Waals surface area (Å²) in [6.45, 7) is 0. The Balaban J connectivity index is 1.89. The lowest BCUT2D eigenvalue weighted by molar-refractivity contribution is -0.139. The average molecular weight is 272 g/mol. The zero-order chi connectivity index (χ0) is 14.1. The maximum atomic E-state index is 11.3. The number of carbonyl (C=O) groups is 1. The SMILES string of the molecule is COC(=O)Cc1ccc2nc(C3CC=CN3C)oc2c1. The second-order valence-electron chi connectivity index (χ2n) is 4.91. The largest absolute Gasteiger partial charge is 0.469 e. The van der Waals surface area contributed by atoms with E-state index in [-0.39, 0.29) is 18.4 Å². The Hall–Kier alpha value is -2.30. The van der Waals surface area contributed by atoms with Crippen LogP contribution in [0.2, 0.25) is 0 Å². The highest BCUT2D eigenvalue weighted by Crippen LogP contribution is 2.30. The Labute approximate surface area is 116 Å². The van der Waals surface area contributed by atoms with Gasteiger partial charge in [0.1, 0.15) is 11.6 Å². The molecule has 1 aliphatic heterocycles. The quantitative estimate of drug-likeness (QED) is 0.803. The Morgan fingerprint density at radius 3 is 3.10 bits per heavy atom. The summed E-state index contributed by atoms with van der Waals surface area (Å²) in [5, 5.41) is 0. The molecule has 5 heteroatoms. The van der Waals surface area contributed by atoms with Gasteiger partial charge in [-0.25, -0.2) is 4.98 Å². The van der Waals surface area contributed by atoms with Crippen LogP contribution < -0.4 is 0 Å². The summed E-state index contributed by atoms with van der Waals surface area (Å²) in [7, 11) is 3.39. The lowest BCUT2D eigenvalue weighted by Crippen LogP contribution is -2.14. The first-order valence-corrected chi connectivity index (χ1v) is 6.52. The van der Waals surface area contributed by atoms with Crippen molar-refractivity contribution in [2.45, 2.75) is 18.9 Å². The first-order valence-electron chi connectivity index (χ1n) is 6.52. The molecule has 1 aliphatic rings.